The highest BCUT2D eigenvalue weighted by Crippen LogP contribution is 2.27. The van der Waals surface area contributed by atoms with E-state index in [1.807, 2.05) is 44.2 Å². The Morgan fingerprint density at radius 3 is 2.83 bits per heavy atom. The van der Waals surface area contributed by atoms with Crippen LogP contribution >= 0.6 is 0 Å². The minimum atomic E-state index is -0.524. The summed E-state index contributed by atoms with van der Waals surface area (Å²) in [6.07, 6.45) is 1.81. The van der Waals surface area contributed by atoms with E-state index in [-0.39, 0.29) is 5.60 Å². The van der Waals surface area contributed by atoms with Gasteiger partial charge in [0.2, 0.25) is 0 Å². The number of methoxy groups -OCH3 is 1. The predicted molar refractivity (Wildman–Crippen MR) is 72.4 cm³/mol. The molecule has 0 radical (unpaired) electrons. The van der Waals surface area contributed by atoms with Gasteiger partial charge in [-0.2, -0.15) is 0 Å². The molecule has 0 amide bonds. The molecule has 3 nitrogen and oxygen atoms in total. The molecule has 2 rings (SSSR count). The first-order valence-corrected chi connectivity index (χ1v) is 6.10. The zero-order valence-electron chi connectivity index (χ0n) is 11.1. The number of ether oxygens (including phenoxy) is 1. The van der Waals surface area contributed by atoms with E-state index in [0.29, 0.717) is 6.42 Å². The van der Waals surface area contributed by atoms with Crippen molar-refractivity contribution in [2.24, 2.45) is 0 Å². The quantitative estimate of drug-likeness (QED) is 0.900. The van der Waals surface area contributed by atoms with Gasteiger partial charge in [0.1, 0.15) is 0 Å². The van der Waals surface area contributed by atoms with E-state index in [4.69, 9.17) is 4.74 Å². The molecule has 1 atom stereocenters. The topological polar surface area (TPSA) is 42.4 Å². The molecular formula is C15H19NO2. The minimum absolute atomic E-state index is 0.330. The van der Waals surface area contributed by atoms with Gasteiger partial charge in [0, 0.05) is 25.1 Å². The van der Waals surface area contributed by atoms with Crippen molar-refractivity contribution in [3.05, 3.63) is 42.1 Å². The lowest BCUT2D eigenvalue weighted by molar-refractivity contribution is -0.0200. The van der Waals surface area contributed by atoms with Crippen molar-refractivity contribution >= 4 is 10.9 Å². The Hall–Kier alpha value is -1.45. The average molecular weight is 245 g/mol. The molecule has 1 N–H and O–H groups in total. The van der Waals surface area contributed by atoms with Gasteiger partial charge in [-0.25, -0.2) is 0 Å². The van der Waals surface area contributed by atoms with Gasteiger partial charge in [-0.3, -0.25) is 4.98 Å². The van der Waals surface area contributed by atoms with Crippen LogP contribution in [0.25, 0.3) is 10.9 Å². The Kier molecular flexibility index (Phi) is 3.64. The molecule has 0 bridgehead atoms. The molecule has 0 saturated heterocycles. The van der Waals surface area contributed by atoms with Gasteiger partial charge in [-0.1, -0.05) is 12.1 Å². The maximum Gasteiger partial charge on any atom is 0.0817 e. The lowest BCUT2D eigenvalue weighted by Crippen LogP contribution is -2.25. The molecule has 0 aliphatic heterocycles. The maximum atomic E-state index is 10.2. The smallest absolute Gasteiger partial charge is 0.0817 e. The predicted octanol–water partition coefficient (Wildman–Crippen LogP) is 3.08. The summed E-state index contributed by atoms with van der Waals surface area (Å²) in [6.45, 7) is 3.94. The van der Waals surface area contributed by atoms with E-state index >= 15 is 0 Å². The Bertz CT molecular complexity index is 537. The number of pyridine rings is 1. The molecule has 0 aliphatic carbocycles. The van der Waals surface area contributed by atoms with E-state index in [0.717, 1.165) is 16.5 Å². The number of hydrogen-bond acceptors (Lipinski definition) is 3. The van der Waals surface area contributed by atoms with Crippen molar-refractivity contribution in [1.82, 2.24) is 4.98 Å². The Labute approximate surface area is 107 Å². The van der Waals surface area contributed by atoms with Gasteiger partial charge in [-0.05, 0) is 37.6 Å². The number of aliphatic hydroxyl groups excluding tert-OH is 1. The van der Waals surface area contributed by atoms with Crippen molar-refractivity contribution in [3.63, 3.8) is 0 Å². The van der Waals surface area contributed by atoms with Crippen LogP contribution in [-0.4, -0.2) is 22.8 Å². The third-order valence-corrected chi connectivity index (χ3v) is 3.25. The van der Waals surface area contributed by atoms with Crippen LogP contribution in [0.2, 0.25) is 0 Å². The first kappa shape index (κ1) is 13.0. The van der Waals surface area contributed by atoms with E-state index in [9.17, 15) is 5.11 Å². The highest BCUT2D eigenvalue weighted by molar-refractivity contribution is 5.78. The monoisotopic (exact) mass is 245 g/mol. The first-order chi connectivity index (χ1) is 8.52. The van der Waals surface area contributed by atoms with Crippen molar-refractivity contribution in [1.29, 1.82) is 0 Å². The van der Waals surface area contributed by atoms with Crippen LogP contribution in [0.5, 0.6) is 0 Å². The van der Waals surface area contributed by atoms with Crippen molar-refractivity contribution < 1.29 is 9.84 Å². The molecule has 18 heavy (non-hydrogen) atoms. The Morgan fingerprint density at radius 2 is 2.11 bits per heavy atom. The van der Waals surface area contributed by atoms with E-state index in [1.54, 1.807) is 13.3 Å². The third-order valence-electron chi connectivity index (χ3n) is 3.25. The summed E-state index contributed by atoms with van der Waals surface area (Å²) in [5.74, 6) is 0. The van der Waals surface area contributed by atoms with E-state index < -0.39 is 6.10 Å². The zero-order valence-corrected chi connectivity index (χ0v) is 11.1. The van der Waals surface area contributed by atoms with Crippen LogP contribution in [0.15, 0.2) is 36.5 Å². The number of rotatable bonds is 4. The van der Waals surface area contributed by atoms with Crippen LogP contribution in [-0.2, 0) is 4.74 Å². The molecule has 1 aromatic heterocycles. The molecule has 0 saturated carbocycles. The van der Waals surface area contributed by atoms with Crippen LogP contribution in [0.1, 0.15) is 31.9 Å². The molecule has 2 aromatic rings. The first-order valence-electron chi connectivity index (χ1n) is 6.10. The summed E-state index contributed by atoms with van der Waals surface area (Å²) in [5.41, 5.74) is 1.52. The van der Waals surface area contributed by atoms with Crippen molar-refractivity contribution in [2.75, 3.05) is 7.11 Å². The number of aliphatic hydroxyl groups is 1. The number of benzene rings is 1. The molecule has 96 valence electrons. The molecule has 0 aliphatic rings. The minimum Gasteiger partial charge on any atom is -0.388 e. The summed E-state index contributed by atoms with van der Waals surface area (Å²) >= 11 is 0. The normalized spacial score (nSPS) is 13.8. The standard InChI is InChI=1S/C15H19NO2/c1-15(2,18-3)10-14(17)12-6-7-13-11(9-12)5-4-8-16-13/h4-9,14,17H,10H2,1-3H3. The average Bonchev–Trinajstić information content (AvgIpc) is 2.37. The molecule has 0 fully saturated rings. The van der Waals surface area contributed by atoms with E-state index in [1.165, 1.54) is 0 Å². The molecule has 1 heterocycles. The van der Waals surface area contributed by atoms with Crippen molar-refractivity contribution in [2.45, 2.75) is 32.0 Å². The number of hydrogen-bond donors (Lipinski definition) is 1. The van der Waals surface area contributed by atoms with Gasteiger partial charge in [-0.15, -0.1) is 0 Å². The second-order valence-corrected chi connectivity index (χ2v) is 5.14. The molecule has 1 unspecified atom stereocenters. The fraction of sp³-hybridized carbons (Fsp3) is 0.400. The van der Waals surface area contributed by atoms with Gasteiger partial charge in [0.25, 0.3) is 0 Å². The fourth-order valence-electron chi connectivity index (χ4n) is 1.97. The highest BCUT2D eigenvalue weighted by Gasteiger charge is 2.22. The number of aromatic nitrogens is 1. The van der Waals surface area contributed by atoms with Gasteiger partial charge in [0.05, 0.1) is 17.2 Å². The third kappa shape index (κ3) is 2.86. The Morgan fingerprint density at radius 1 is 1.33 bits per heavy atom. The molecule has 3 heteroatoms. The second kappa shape index (κ2) is 5.04. The van der Waals surface area contributed by atoms with E-state index in [2.05, 4.69) is 4.98 Å². The van der Waals surface area contributed by atoms with Crippen LogP contribution in [0.3, 0.4) is 0 Å². The summed E-state index contributed by atoms with van der Waals surface area (Å²) < 4.78 is 5.34. The Balaban J connectivity index is 2.25. The number of nitrogens with zero attached hydrogens (tertiary/aromatic N) is 1. The number of fused-ring (bicyclic) bond motifs is 1. The highest BCUT2D eigenvalue weighted by atomic mass is 16.5. The summed E-state index contributed by atoms with van der Waals surface area (Å²) in [7, 11) is 1.66. The molecule has 0 spiro atoms. The lowest BCUT2D eigenvalue weighted by Gasteiger charge is -2.26. The van der Waals surface area contributed by atoms with Gasteiger partial charge < -0.3 is 9.84 Å². The second-order valence-electron chi connectivity index (χ2n) is 5.14. The SMILES string of the molecule is COC(C)(C)CC(O)c1ccc2ncccc2c1. The zero-order chi connectivity index (χ0) is 13.2. The fourth-order valence-corrected chi connectivity index (χ4v) is 1.97. The molecular weight excluding hydrogens is 226 g/mol. The van der Waals surface area contributed by atoms with Crippen molar-refractivity contribution in [3.8, 4) is 0 Å². The van der Waals surface area contributed by atoms with Crippen LogP contribution < -0.4 is 0 Å². The van der Waals surface area contributed by atoms with Crippen LogP contribution in [0, 0.1) is 0 Å². The maximum absolute atomic E-state index is 10.2. The molecule has 1 aromatic carbocycles. The van der Waals surface area contributed by atoms with Gasteiger partial charge >= 0.3 is 0 Å². The summed E-state index contributed by atoms with van der Waals surface area (Å²) in [6, 6.07) is 9.75. The van der Waals surface area contributed by atoms with Gasteiger partial charge in [0.15, 0.2) is 0 Å². The van der Waals surface area contributed by atoms with Crippen LogP contribution in [0.4, 0.5) is 0 Å². The summed E-state index contributed by atoms with van der Waals surface area (Å²) in [5, 5.41) is 11.3. The lowest BCUT2D eigenvalue weighted by atomic mass is 9.95. The summed E-state index contributed by atoms with van der Waals surface area (Å²) in [4.78, 5) is 4.27. The largest absolute Gasteiger partial charge is 0.388 e.